The second-order valence-electron chi connectivity index (χ2n) is 6.49. The number of anilines is 1. The van der Waals surface area contributed by atoms with Gasteiger partial charge in [-0.1, -0.05) is 51.8 Å². The minimum atomic E-state index is -0.816. The molecular formula is C22H15BrClFN4O2. The molecule has 1 aliphatic rings. The van der Waals surface area contributed by atoms with Gasteiger partial charge in [0.25, 0.3) is 0 Å². The number of benzene rings is 3. The van der Waals surface area contributed by atoms with Crippen LogP contribution in [-0.4, -0.2) is 24.2 Å². The van der Waals surface area contributed by atoms with E-state index in [1.165, 1.54) is 18.2 Å². The van der Waals surface area contributed by atoms with Gasteiger partial charge in [0, 0.05) is 26.3 Å². The smallest absolute Gasteiger partial charge is 0.323 e. The van der Waals surface area contributed by atoms with Gasteiger partial charge in [-0.05, 0) is 42.5 Å². The molecule has 0 aliphatic carbocycles. The highest BCUT2D eigenvalue weighted by Crippen LogP contribution is 2.30. The Kier molecular flexibility index (Phi) is 6.29. The zero-order valence-corrected chi connectivity index (χ0v) is 18.2. The highest BCUT2D eigenvalue weighted by atomic mass is 79.9. The largest absolute Gasteiger partial charge is 0.435 e. The van der Waals surface area contributed by atoms with Crippen molar-refractivity contribution in [3.8, 4) is 0 Å². The fourth-order valence-corrected chi connectivity index (χ4v) is 3.56. The van der Waals surface area contributed by atoms with E-state index in [0.717, 1.165) is 15.6 Å². The first kappa shape index (κ1) is 21.0. The van der Waals surface area contributed by atoms with Crippen LogP contribution in [0, 0.1) is 5.82 Å². The molecule has 0 aromatic heterocycles. The monoisotopic (exact) mass is 500 g/mol. The van der Waals surface area contributed by atoms with Crippen LogP contribution in [0.2, 0.25) is 5.02 Å². The lowest BCUT2D eigenvalue weighted by Crippen LogP contribution is -2.31. The number of carbonyl (C=O) groups is 1. The molecule has 2 N–H and O–H groups in total. The maximum absolute atomic E-state index is 13.3. The van der Waals surface area contributed by atoms with Crippen LogP contribution < -0.4 is 10.8 Å². The summed E-state index contributed by atoms with van der Waals surface area (Å²) in [7, 11) is 0. The number of rotatable bonds is 2. The molecule has 1 aliphatic heterocycles. The predicted octanol–water partition coefficient (Wildman–Crippen LogP) is 5.88. The van der Waals surface area contributed by atoms with Gasteiger partial charge >= 0.3 is 6.09 Å². The summed E-state index contributed by atoms with van der Waals surface area (Å²) in [5, 5.41) is 2.99. The first-order valence-electron chi connectivity index (χ1n) is 9.16. The van der Waals surface area contributed by atoms with Crippen LogP contribution in [0.25, 0.3) is 0 Å². The lowest BCUT2D eigenvalue weighted by Gasteiger charge is -2.10. The van der Waals surface area contributed by atoms with Gasteiger partial charge in [-0.25, -0.2) is 19.7 Å². The number of fused-ring (bicyclic) bond motifs is 1. The molecule has 4 rings (SSSR count). The minimum absolute atomic E-state index is 0.125. The van der Waals surface area contributed by atoms with E-state index in [2.05, 4.69) is 36.7 Å². The summed E-state index contributed by atoms with van der Waals surface area (Å²) in [6.45, 7) is 0.125. The van der Waals surface area contributed by atoms with Crippen LogP contribution in [0.5, 0.6) is 0 Å². The molecule has 0 spiro atoms. The van der Waals surface area contributed by atoms with E-state index in [4.69, 9.17) is 16.4 Å². The van der Waals surface area contributed by atoms with E-state index in [1.54, 1.807) is 12.1 Å². The number of hydroxylamine groups is 1. The predicted molar refractivity (Wildman–Crippen MR) is 123 cm³/mol. The quantitative estimate of drug-likeness (QED) is 0.431. The summed E-state index contributed by atoms with van der Waals surface area (Å²) in [5.74, 6) is -0.150. The Morgan fingerprint density at radius 2 is 1.90 bits per heavy atom. The number of carbonyl (C=O) groups excluding carboxylic acids is 1. The molecule has 0 saturated carbocycles. The maximum atomic E-state index is 13.3. The van der Waals surface area contributed by atoms with E-state index >= 15 is 0 Å². The molecule has 0 atom stereocenters. The lowest BCUT2D eigenvalue weighted by atomic mass is 10.0. The summed E-state index contributed by atoms with van der Waals surface area (Å²) in [6, 6.07) is 18.5. The topological polar surface area (TPSA) is 75.1 Å². The number of hydrogen-bond acceptors (Lipinski definition) is 5. The molecule has 3 aromatic rings. The van der Waals surface area contributed by atoms with Crippen molar-refractivity contribution in [1.82, 2.24) is 5.48 Å². The van der Waals surface area contributed by atoms with Crippen molar-refractivity contribution in [2.24, 2.45) is 9.98 Å². The Morgan fingerprint density at radius 1 is 1.06 bits per heavy atom. The molecular weight excluding hydrogens is 487 g/mol. The number of amidine groups is 1. The van der Waals surface area contributed by atoms with Crippen LogP contribution in [0.4, 0.5) is 20.6 Å². The van der Waals surface area contributed by atoms with Crippen LogP contribution in [0.1, 0.15) is 11.1 Å². The third kappa shape index (κ3) is 5.10. The lowest BCUT2D eigenvalue weighted by molar-refractivity contribution is 0.134. The summed E-state index contributed by atoms with van der Waals surface area (Å²) >= 11 is 9.87. The van der Waals surface area contributed by atoms with Crippen molar-refractivity contribution >= 4 is 56.5 Å². The van der Waals surface area contributed by atoms with Crippen LogP contribution in [0.3, 0.4) is 0 Å². The SMILES string of the molecule is O=C(Nc1cccc(F)c1)ONC1=Nc2ccc(Br)cc2C(c2ccccc2Cl)=NC1. The molecule has 1 amide bonds. The summed E-state index contributed by atoms with van der Waals surface area (Å²) in [5.41, 5.74) is 5.66. The fraction of sp³-hybridized carbons (Fsp3) is 0.0455. The van der Waals surface area contributed by atoms with E-state index in [0.29, 0.717) is 22.3 Å². The molecule has 0 unspecified atom stereocenters. The second-order valence-corrected chi connectivity index (χ2v) is 7.81. The number of hydrogen-bond donors (Lipinski definition) is 2. The van der Waals surface area contributed by atoms with E-state index < -0.39 is 11.9 Å². The van der Waals surface area contributed by atoms with E-state index in [-0.39, 0.29) is 12.2 Å². The molecule has 0 fully saturated rings. The number of amides is 1. The summed E-state index contributed by atoms with van der Waals surface area (Å²) in [6.07, 6.45) is -0.816. The molecule has 0 radical (unpaired) electrons. The molecule has 3 aromatic carbocycles. The first-order valence-corrected chi connectivity index (χ1v) is 10.3. The third-order valence-corrected chi connectivity index (χ3v) is 5.14. The van der Waals surface area contributed by atoms with Gasteiger partial charge in [0.05, 0.1) is 11.4 Å². The number of halogens is 3. The summed E-state index contributed by atoms with van der Waals surface area (Å²) < 4.78 is 14.1. The van der Waals surface area contributed by atoms with Gasteiger partial charge in [0.2, 0.25) is 0 Å². The average molecular weight is 502 g/mol. The van der Waals surface area contributed by atoms with Crippen molar-refractivity contribution in [3.63, 3.8) is 0 Å². The number of nitrogens with one attached hydrogen (secondary N) is 2. The molecule has 1 heterocycles. The van der Waals surface area contributed by atoms with Gasteiger partial charge in [-0.3, -0.25) is 10.3 Å². The molecule has 9 heteroatoms. The molecule has 31 heavy (non-hydrogen) atoms. The van der Waals surface area contributed by atoms with Crippen molar-refractivity contribution in [2.45, 2.75) is 0 Å². The zero-order chi connectivity index (χ0) is 21.8. The highest BCUT2D eigenvalue weighted by Gasteiger charge is 2.19. The van der Waals surface area contributed by atoms with Crippen LogP contribution in [-0.2, 0) is 4.84 Å². The van der Waals surface area contributed by atoms with Gasteiger partial charge in [-0.15, -0.1) is 0 Å². The van der Waals surface area contributed by atoms with Crippen LogP contribution in [0.15, 0.2) is 81.2 Å². The van der Waals surface area contributed by atoms with Crippen molar-refractivity contribution in [1.29, 1.82) is 0 Å². The molecule has 156 valence electrons. The minimum Gasteiger partial charge on any atom is -0.323 e. The number of aliphatic imine (C=N–C) groups is 2. The van der Waals surface area contributed by atoms with Crippen molar-refractivity contribution < 1.29 is 14.0 Å². The van der Waals surface area contributed by atoms with Gasteiger partial charge in [0.15, 0.2) is 5.84 Å². The Hall–Kier alpha value is -3.23. The van der Waals surface area contributed by atoms with Gasteiger partial charge in [-0.2, -0.15) is 0 Å². The third-order valence-electron chi connectivity index (χ3n) is 4.32. The zero-order valence-electron chi connectivity index (χ0n) is 15.9. The normalized spacial score (nSPS) is 12.7. The van der Waals surface area contributed by atoms with Gasteiger partial charge in [0.1, 0.15) is 12.4 Å². The standard InChI is InChI=1S/C22H15BrClFN4O2/c23-13-8-9-19-17(10-13)21(16-6-1-2-7-18(16)24)26-12-20(28-19)29-31-22(30)27-15-5-3-4-14(25)11-15/h1-11H,12H2,(H,27,30)(H,28,29). The Bertz CT molecular complexity index is 1220. The number of nitrogens with zero attached hydrogens (tertiary/aromatic N) is 2. The molecule has 0 bridgehead atoms. The second kappa shape index (κ2) is 9.28. The highest BCUT2D eigenvalue weighted by molar-refractivity contribution is 9.10. The van der Waals surface area contributed by atoms with E-state index in [9.17, 15) is 9.18 Å². The van der Waals surface area contributed by atoms with Gasteiger partial charge < -0.3 is 4.84 Å². The first-order chi connectivity index (χ1) is 15.0. The molecule has 0 saturated heterocycles. The van der Waals surface area contributed by atoms with E-state index in [1.807, 2.05) is 36.4 Å². The van der Waals surface area contributed by atoms with Crippen molar-refractivity contribution in [3.05, 3.63) is 93.2 Å². The average Bonchev–Trinajstić information content (AvgIpc) is 2.92. The molecule has 6 nitrogen and oxygen atoms in total. The Labute approximate surface area is 190 Å². The van der Waals surface area contributed by atoms with Crippen LogP contribution >= 0.6 is 27.5 Å². The maximum Gasteiger partial charge on any atom is 0.435 e. The Morgan fingerprint density at radius 3 is 2.71 bits per heavy atom. The summed E-state index contributed by atoms with van der Waals surface area (Å²) in [4.78, 5) is 26.3. The Balaban J connectivity index is 1.56. The fourth-order valence-electron chi connectivity index (χ4n) is 2.97. The van der Waals surface area contributed by atoms with Crippen molar-refractivity contribution in [2.75, 3.05) is 11.9 Å².